The third-order valence-corrected chi connectivity index (χ3v) is 3.29. The van der Waals surface area contributed by atoms with Crippen LogP contribution in [-0.2, 0) is 0 Å². The molecule has 0 aromatic heterocycles. The van der Waals surface area contributed by atoms with Crippen LogP contribution in [0.25, 0.3) is 0 Å². The van der Waals surface area contributed by atoms with E-state index in [1.54, 1.807) is 0 Å². The van der Waals surface area contributed by atoms with E-state index in [0.29, 0.717) is 0 Å². The Kier molecular flexibility index (Phi) is 3.79. The minimum Gasteiger partial charge on any atom is -0.313 e. The minimum absolute atomic E-state index is 0.771. The third-order valence-electron chi connectivity index (χ3n) is 3.29. The first kappa shape index (κ1) is 10.4. The van der Waals surface area contributed by atoms with E-state index in [1.165, 1.54) is 38.8 Å². The molecule has 0 bridgehead atoms. The van der Waals surface area contributed by atoms with E-state index in [4.69, 9.17) is 0 Å². The van der Waals surface area contributed by atoms with Crippen molar-refractivity contribution in [1.82, 2.24) is 15.5 Å². The average molecular weight is 197 g/mol. The SMILES string of the molecule is CN1CCC(NCCNC2CC2)CC1. The largest absolute Gasteiger partial charge is 0.313 e. The molecule has 0 atom stereocenters. The van der Waals surface area contributed by atoms with Crippen molar-refractivity contribution in [3.05, 3.63) is 0 Å². The van der Waals surface area contributed by atoms with Crippen molar-refractivity contribution in [2.24, 2.45) is 0 Å². The van der Waals surface area contributed by atoms with Gasteiger partial charge >= 0.3 is 0 Å². The smallest absolute Gasteiger partial charge is 0.00919 e. The second-order valence-electron chi connectivity index (χ2n) is 4.76. The third kappa shape index (κ3) is 3.56. The highest BCUT2D eigenvalue weighted by Gasteiger charge is 2.20. The van der Waals surface area contributed by atoms with E-state index in [9.17, 15) is 0 Å². The van der Waals surface area contributed by atoms with Gasteiger partial charge in [0.15, 0.2) is 0 Å². The summed E-state index contributed by atoms with van der Waals surface area (Å²) in [6.45, 7) is 4.81. The number of nitrogens with zero attached hydrogens (tertiary/aromatic N) is 1. The van der Waals surface area contributed by atoms with Gasteiger partial charge in [0.2, 0.25) is 0 Å². The maximum absolute atomic E-state index is 3.64. The highest BCUT2D eigenvalue weighted by molar-refractivity contribution is 4.81. The maximum atomic E-state index is 3.64. The Hall–Kier alpha value is -0.120. The summed E-state index contributed by atoms with van der Waals surface area (Å²) in [6, 6.07) is 1.63. The van der Waals surface area contributed by atoms with Crippen LogP contribution in [0.2, 0.25) is 0 Å². The first-order valence-corrected chi connectivity index (χ1v) is 6.00. The van der Waals surface area contributed by atoms with Gasteiger partial charge in [-0.1, -0.05) is 0 Å². The predicted octanol–water partition coefficient (Wildman–Crippen LogP) is 0.422. The van der Waals surface area contributed by atoms with Gasteiger partial charge in [0.1, 0.15) is 0 Å². The van der Waals surface area contributed by atoms with Gasteiger partial charge in [-0.15, -0.1) is 0 Å². The quantitative estimate of drug-likeness (QED) is 0.626. The van der Waals surface area contributed by atoms with Crippen LogP contribution in [0, 0.1) is 0 Å². The molecular formula is C11H23N3. The molecule has 0 spiro atoms. The summed E-state index contributed by atoms with van der Waals surface area (Å²) in [5, 5.41) is 7.17. The number of likely N-dealkylation sites (tertiary alicyclic amines) is 1. The molecule has 0 aromatic carbocycles. The van der Waals surface area contributed by atoms with Gasteiger partial charge in [-0.05, 0) is 45.8 Å². The maximum Gasteiger partial charge on any atom is 0.00919 e. The molecule has 0 aromatic rings. The number of nitrogens with one attached hydrogen (secondary N) is 2. The van der Waals surface area contributed by atoms with Crippen molar-refractivity contribution >= 4 is 0 Å². The van der Waals surface area contributed by atoms with Gasteiger partial charge in [-0.25, -0.2) is 0 Å². The molecule has 2 aliphatic rings. The summed E-state index contributed by atoms with van der Waals surface area (Å²) in [5.41, 5.74) is 0. The zero-order valence-electron chi connectivity index (χ0n) is 9.26. The van der Waals surface area contributed by atoms with Crippen molar-refractivity contribution in [3.8, 4) is 0 Å². The van der Waals surface area contributed by atoms with E-state index in [2.05, 4.69) is 22.6 Å². The van der Waals surface area contributed by atoms with Crippen LogP contribution in [0.4, 0.5) is 0 Å². The molecule has 1 saturated heterocycles. The number of hydrogen-bond donors (Lipinski definition) is 2. The molecule has 2 N–H and O–H groups in total. The fourth-order valence-corrected chi connectivity index (χ4v) is 2.05. The molecule has 0 amide bonds. The molecule has 0 radical (unpaired) electrons. The van der Waals surface area contributed by atoms with Crippen LogP contribution in [-0.4, -0.2) is 50.2 Å². The van der Waals surface area contributed by atoms with E-state index in [-0.39, 0.29) is 0 Å². The fraction of sp³-hybridized carbons (Fsp3) is 1.00. The summed E-state index contributed by atoms with van der Waals surface area (Å²) in [7, 11) is 2.21. The van der Waals surface area contributed by atoms with Gasteiger partial charge in [0.25, 0.3) is 0 Å². The number of hydrogen-bond acceptors (Lipinski definition) is 3. The molecule has 14 heavy (non-hydrogen) atoms. The Bertz CT molecular complexity index is 160. The number of rotatable bonds is 5. The fourth-order valence-electron chi connectivity index (χ4n) is 2.05. The lowest BCUT2D eigenvalue weighted by Gasteiger charge is -2.29. The lowest BCUT2D eigenvalue weighted by molar-refractivity contribution is 0.235. The van der Waals surface area contributed by atoms with Crippen LogP contribution >= 0.6 is 0 Å². The highest BCUT2D eigenvalue weighted by atomic mass is 15.1. The van der Waals surface area contributed by atoms with E-state index >= 15 is 0 Å². The van der Waals surface area contributed by atoms with Crippen LogP contribution in [0.1, 0.15) is 25.7 Å². The van der Waals surface area contributed by atoms with Crippen molar-refractivity contribution in [2.75, 3.05) is 33.2 Å². The molecule has 3 nitrogen and oxygen atoms in total. The molecule has 3 heteroatoms. The second-order valence-corrected chi connectivity index (χ2v) is 4.76. The van der Waals surface area contributed by atoms with Crippen LogP contribution in [0.5, 0.6) is 0 Å². The predicted molar refractivity (Wildman–Crippen MR) is 59.5 cm³/mol. The normalized spacial score (nSPS) is 25.5. The van der Waals surface area contributed by atoms with Gasteiger partial charge < -0.3 is 15.5 Å². The average Bonchev–Trinajstić information content (AvgIpc) is 2.99. The Morgan fingerprint density at radius 1 is 0.929 bits per heavy atom. The lowest BCUT2D eigenvalue weighted by Crippen LogP contribution is -2.43. The minimum atomic E-state index is 0.771. The standard InChI is InChI=1S/C11H23N3/c1-14-8-4-11(5-9-14)13-7-6-12-10-2-3-10/h10-13H,2-9H2,1H3. The first-order valence-electron chi connectivity index (χ1n) is 6.00. The molecule has 1 aliphatic heterocycles. The summed E-state index contributed by atoms with van der Waals surface area (Å²) in [6.07, 6.45) is 5.43. The Labute approximate surface area is 87.2 Å². The summed E-state index contributed by atoms with van der Waals surface area (Å²) in [5.74, 6) is 0. The van der Waals surface area contributed by atoms with Crippen molar-refractivity contribution in [1.29, 1.82) is 0 Å². The summed E-state index contributed by atoms with van der Waals surface area (Å²) >= 11 is 0. The van der Waals surface area contributed by atoms with Gasteiger partial charge in [0, 0.05) is 25.2 Å². The summed E-state index contributed by atoms with van der Waals surface area (Å²) in [4.78, 5) is 2.42. The molecule has 1 heterocycles. The van der Waals surface area contributed by atoms with E-state index < -0.39 is 0 Å². The molecule has 2 rings (SSSR count). The van der Waals surface area contributed by atoms with Crippen LogP contribution in [0.15, 0.2) is 0 Å². The van der Waals surface area contributed by atoms with Crippen molar-refractivity contribution in [3.63, 3.8) is 0 Å². The van der Waals surface area contributed by atoms with E-state index in [1.807, 2.05) is 0 Å². The molecule has 2 fully saturated rings. The zero-order valence-corrected chi connectivity index (χ0v) is 9.26. The van der Waals surface area contributed by atoms with Crippen molar-refractivity contribution in [2.45, 2.75) is 37.8 Å². The molecule has 0 unspecified atom stereocenters. The zero-order chi connectivity index (χ0) is 9.80. The van der Waals surface area contributed by atoms with Crippen LogP contribution < -0.4 is 10.6 Å². The number of piperidine rings is 1. The topological polar surface area (TPSA) is 27.3 Å². The van der Waals surface area contributed by atoms with E-state index in [0.717, 1.165) is 25.2 Å². The Morgan fingerprint density at radius 3 is 1.93 bits per heavy atom. The molecule has 1 saturated carbocycles. The van der Waals surface area contributed by atoms with Crippen LogP contribution in [0.3, 0.4) is 0 Å². The molecule has 82 valence electrons. The Morgan fingerprint density at radius 2 is 1.43 bits per heavy atom. The lowest BCUT2D eigenvalue weighted by atomic mass is 10.1. The molecular weight excluding hydrogens is 174 g/mol. The second kappa shape index (κ2) is 5.10. The highest BCUT2D eigenvalue weighted by Crippen LogP contribution is 2.17. The van der Waals surface area contributed by atoms with Gasteiger partial charge in [-0.3, -0.25) is 0 Å². The van der Waals surface area contributed by atoms with Gasteiger partial charge in [-0.2, -0.15) is 0 Å². The monoisotopic (exact) mass is 197 g/mol. The van der Waals surface area contributed by atoms with Gasteiger partial charge in [0.05, 0.1) is 0 Å². The Balaban J connectivity index is 1.47. The molecule has 1 aliphatic carbocycles. The van der Waals surface area contributed by atoms with Crippen molar-refractivity contribution < 1.29 is 0 Å². The first-order chi connectivity index (χ1) is 6.84. The summed E-state index contributed by atoms with van der Waals surface area (Å²) < 4.78 is 0.